The highest BCUT2D eigenvalue weighted by molar-refractivity contribution is 7.16. The molecule has 0 radical (unpaired) electrons. The number of fused-ring (bicyclic) bond motifs is 1. The molecule has 2 aromatic heterocycles. The van der Waals surface area contributed by atoms with Gasteiger partial charge in [0.15, 0.2) is 0 Å². The van der Waals surface area contributed by atoms with Crippen LogP contribution in [0, 0.1) is 6.92 Å². The highest BCUT2D eigenvalue weighted by Crippen LogP contribution is 2.25. The zero-order chi connectivity index (χ0) is 23.3. The lowest BCUT2D eigenvalue weighted by Gasteiger charge is -2.06. The molecule has 1 N–H and O–H groups in total. The highest BCUT2D eigenvalue weighted by atomic mass is 32.1. The number of benzene rings is 1. The highest BCUT2D eigenvalue weighted by Gasteiger charge is 2.12. The van der Waals surface area contributed by atoms with E-state index in [9.17, 15) is 4.79 Å². The Balaban J connectivity index is 1.56. The predicted octanol–water partition coefficient (Wildman–Crippen LogP) is 6.27. The van der Waals surface area contributed by atoms with E-state index in [0.717, 1.165) is 50.7 Å². The maximum absolute atomic E-state index is 12.3. The van der Waals surface area contributed by atoms with Crippen molar-refractivity contribution in [2.24, 2.45) is 7.05 Å². The Morgan fingerprint density at radius 3 is 2.81 bits per heavy atom. The smallest absolute Gasteiger partial charge is 0.412 e. The first kappa shape index (κ1) is 23.5. The van der Waals surface area contributed by atoms with E-state index in [4.69, 9.17) is 4.74 Å². The molecule has 32 heavy (non-hydrogen) atoms. The Morgan fingerprint density at radius 1 is 1.31 bits per heavy atom. The normalized spacial score (nSPS) is 12.0. The van der Waals surface area contributed by atoms with Crippen molar-refractivity contribution < 1.29 is 9.53 Å². The van der Waals surface area contributed by atoms with E-state index >= 15 is 0 Å². The predicted molar refractivity (Wildman–Crippen MR) is 132 cm³/mol. The van der Waals surface area contributed by atoms with Gasteiger partial charge < -0.3 is 9.30 Å². The molecule has 0 atom stereocenters. The second-order valence-electron chi connectivity index (χ2n) is 7.83. The lowest BCUT2D eigenvalue weighted by molar-refractivity contribution is 0.155. The summed E-state index contributed by atoms with van der Waals surface area (Å²) >= 11 is 1.46. The SMILES string of the molecule is C=C(C)/C=C(C)\C=C/Cc1nc(C)c(NC(=O)OCc2ccc3c(c2)nc(CC)n3C)s1. The van der Waals surface area contributed by atoms with Crippen molar-refractivity contribution in [3.63, 3.8) is 0 Å². The second-order valence-corrected chi connectivity index (χ2v) is 8.91. The summed E-state index contributed by atoms with van der Waals surface area (Å²) in [6.45, 7) is 12.0. The zero-order valence-corrected chi connectivity index (χ0v) is 20.2. The quantitative estimate of drug-likeness (QED) is 0.411. The number of hydrogen-bond donors (Lipinski definition) is 1. The largest absolute Gasteiger partial charge is 0.444 e. The van der Waals surface area contributed by atoms with Gasteiger partial charge in [-0.15, -0.1) is 11.3 Å². The van der Waals surface area contributed by atoms with Gasteiger partial charge in [0.2, 0.25) is 0 Å². The third-order valence-electron chi connectivity index (χ3n) is 4.93. The summed E-state index contributed by atoms with van der Waals surface area (Å²) in [6.07, 6.45) is 7.22. The number of aryl methyl sites for hydroxylation is 3. The van der Waals surface area contributed by atoms with Crippen LogP contribution in [0.15, 0.2) is 54.2 Å². The fourth-order valence-corrected chi connectivity index (χ4v) is 4.34. The molecule has 0 bridgehead atoms. The molecule has 2 heterocycles. The van der Waals surface area contributed by atoms with Gasteiger partial charge in [0.25, 0.3) is 0 Å². The molecule has 0 unspecified atom stereocenters. The summed E-state index contributed by atoms with van der Waals surface area (Å²) in [5, 5.41) is 4.46. The Kier molecular flexibility index (Phi) is 7.64. The summed E-state index contributed by atoms with van der Waals surface area (Å²) in [5.74, 6) is 1.03. The van der Waals surface area contributed by atoms with Crippen molar-refractivity contribution in [3.8, 4) is 0 Å². The molecule has 6 nitrogen and oxygen atoms in total. The van der Waals surface area contributed by atoms with Crippen LogP contribution >= 0.6 is 11.3 Å². The third-order valence-corrected chi connectivity index (χ3v) is 6.02. The first-order valence-corrected chi connectivity index (χ1v) is 11.4. The minimum atomic E-state index is -0.491. The number of amides is 1. The third kappa shape index (κ3) is 5.95. The van der Waals surface area contributed by atoms with Crippen molar-refractivity contribution in [1.29, 1.82) is 0 Å². The molecule has 3 rings (SSSR count). The van der Waals surface area contributed by atoms with E-state index in [-0.39, 0.29) is 6.61 Å². The first-order chi connectivity index (χ1) is 15.3. The van der Waals surface area contributed by atoms with Crippen LogP contribution in [0.25, 0.3) is 11.0 Å². The molecule has 0 aliphatic rings. The molecule has 3 aromatic rings. The lowest BCUT2D eigenvalue weighted by atomic mass is 10.2. The van der Waals surface area contributed by atoms with Crippen LogP contribution < -0.4 is 5.32 Å². The van der Waals surface area contributed by atoms with Crippen molar-refractivity contribution >= 4 is 33.5 Å². The molecule has 0 saturated heterocycles. The van der Waals surface area contributed by atoms with Crippen molar-refractivity contribution in [2.45, 2.75) is 47.1 Å². The van der Waals surface area contributed by atoms with Gasteiger partial charge in [-0.2, -0.15) is 0 Å². The number of thiazole rings is 1. The Hall–Kier alpha value is -3.19. The van der Waals surface area contributed by atoms with E-state index < -0.39 is 6.09 Å². The maximum Gasteiger partial charge on any atom is 0.412 e. The molecule has 0 aliphatic carbocycles. The van der Waals surface area contributed by atoms with Crippen molar-refractivity contribution in [2.75, 3.05) is 5.32 Å². The van der Waals surface area contributed by atoms with E-state index in [1.165, 1.54) is 11.3 Å². The summed E-state index contributed by atoms with van der Waals surface area (Å²) in [6, 6.07) is 5.94. The van der Waals surface area contributed by atoms with Crippen LogP contribution in [0.4, 0.5) is 9.80 Å². The van der Waals surface area contributed by atoms with Gasteiger partial charge in [-0.25, -0.2) is 14.8 Å². The van der Waals surface area contributed by atoms with Crippen LogP contribution in [0.2, 0.25) is 0 Å². The number of carbonyl (C=O) groups is 1. The zero-order valence-electron chi connectivity index (χ0n) is 19.4. The average Bonchev–Trinajstić information content (AvgIpc) is 3.24. The topological polar surface area (TPSA) is 69.0 Å². The minimum absolute atomic E-state index is 0.182. The van der Waals surface area contributed by atoms with E-state index in [1.807, 2.05) is 52.1 Å². The van der Waals surface area contributed by atoms with Crippen LogP contribution in [0.3, 0.4) is 0 Å². The summed E-state index contributed by atoms with van der Waals surface area (Å²) in [5.41, 5.74) is 5.83. The minimum Gasteiger partial charge on any atom is -0.444 e. The van der Waals surface area contributed by atoms with Crippen LogP contribution in [0.1, 0.15) is 42.9 Å². The first-order valence-electron chi connectivity index (χ1n) is 10.6. The summed E-state index contributed by atoms with van der Waals surface area (Å²) < 4.78 is 7.51. The Labute approximate surface area is 193 Å². The number of nitrogens with zero attached hydrogens (tertiary/aromatic N) is 3. The number of anilines is 1. The number of nitrogens with one attached hydrogen (secondary N) is 1. The molecule has 7 heteroatoms. The monoisotopic (exact) mass is 450 g/mol. The molecule has 1 amide bonds. The van der Waals surface area contributed by atoms with Crippen LogP contribution in [0.5, 0.6) is 0 Å². The van der Waals surface area contributed by atoms with Gasteiger partial charge >= 0.3 is 6.09 Å². The van der Waals surface area contributed by atoms with Gasteiger partial charge in [-0.3, -0.25) is 5.32 Å². The fourth-order valence-electron chi connectivity index (χ4n) is 3.42. The molecular formula is C25H30N4O2S. The summed E-state index contributed by atoms with van der Waals surface area (Å²) in [4.78, 5) is 21.5. The van der Waals surface area contributed by atoms with Gasteiger partial charge in [-0.05, 0) is 38.5 Å². The van der Waals surface area contributed by atoms with Crippen LogP contribution in [-0.4, -0.2) is 20.6 Å². The van der Waals surface area contributed by atoms with Gasteiger partial charge in [0.05, 0.1) is 21.7 Å². The number of imidazole rings is 1. The Morgan fingerprint density at radius 2 is 2.09 bits per heavy atom. The number of aromatic nitrogens is 3. The molecular weight excluding hydrogens is 420 g/mol. The van der Waals surface area contributed by atoms with Crippen LogP contribution in [-0.2, 0) is 31.2 Å². The van der Waals surface area contributed by atoms with Crippen molar-refractivity contribution in [3.05, 3.63) is 76.2 Å². The number of carbonyl (C=O) groups excluding carboxylic acids is 1. The van der Waals surface area contributed by atoms with Crippen molar-refractivity contribution in [1.82, 2.24) is 14.5 Å². The lowest BCUT2D eigenvalue weighted by Crippen LogP contribution is -2.13. The van der Waals surface area contributed by atoms with Gasteiger partial charge in [0, 0.05) is 19.9 Å². The van der Waals surface area contributed by atoms with Gasteiger partial charge in [-0.1, -0.05) is 48.9 Å². The number of ether oxygens (including phenoxy) is 1. The molecule has 0 fully saturated rings. The second kappa shape index (κ2) is 10.4. The number of rotatable bonds is 8. The standard InChI is InChI=1S/C25H30N4O2S/c1-7-22-27-20-14-19(11-12-21(20)29(22)6)15-31-25(30)28-24-18(5)26-23(32-24)10-8-9-17(4)13-16(2)3/h8-9,11-14H,2,7,10,15H2,1,3-6H3,(H,28,30)/b9-8-,17-13-. The molecule has 168 valence electrons. The maximum atomic E-state index is 12.3. The number of allylic oxidation sites excluding steroid dienone is 5. The fraction of sp³-hybridized carbons (Fsp3) is 0.320. The van der Waals surface area contributed by atoms with E-state index in [2.05, 4.69) is 45.5 Å². The van der Waals surface area contributed by atoms with E-state index in [1.54, 1.807) is 0 Å². The van der Waals surface area contributed by atoms with Gasteiger partial charge in [0.1, 0.15) is 17.4 Å². The molecule has 1 aromatic carbocycles. The Bertz CT molecular complexity index is 1200. The molecule has 0 aliphatic heterocycles. The average molecular weight is 451 g/mol. The summed E-state index contributed by atoms with van der Waals surface area (Å²) in [7, 11) is 2.01. The van der Waals surface area contributed by atoms with E-state index in [0.29, 0.717) is 11.4 Å². The number of hydrogen-bond acceptors (Lipinski definition) is 5. The molecule has 0 saturated carbocycles. The molecule has 0 spiro atoms.